The van der Waals surface area contributed by atoms with Crippen LogP contribution in [0.3, 0.4) is 0 Å². The minimum absolute atomic E-state index is 0.642. The fourth-order valence-corrected chi connectivity index (χ4v) is 6.85. The molecule has 0 aliphatic carbocycles. The molecule has 0 unspecified atom stereocenters. The third kappa shape index (κ3) is 4.90. The molecule has 0 aliphatic heterocycles. The Bertz CT molecular complexity index is 2550. The third-order valence-electron chi connectivity index (χ3n) is 9.08. The fraction of sp³-hybridized carbons (Fsp3) is 0. The van der Waals surface area contributed by atoms with Crippen LogP contribution in [-0.2, 0) is 0 Å². The van der Waals surface area contributed by atoms with Crippen molar-refractivity contribution in [2.45, 2.75) is 0 Å². The summed E-state index contributed by atoms with van der Waals surface area (Å²) in [5, 5.41) is 7.22. The Hall–Kier alpha value is -6.45. The van der Waals surface area contributed by atoms with E-state index in [4.69, 9.17) is 15.0 Å². The lowest BCUT2D eigenvalue weighted by Crippen LogP contribution is -2.00. The number of hydrogen-bond acceptors (Lipinski definition) is 3. The highest BCUT2D eigenvalue weighted by atomic mass is 15.0. The van der Waals surface area contributed by atoms with Crippen molar-refractivity contribution >= 4 is 32.3 Å². The van der Waals surface area contributed by atoms with Gasteiger partial charge in [0.05, 0.1) is 0 Å². The summed E-state index contributed by atoms with van der Waals surface area (Å²) in [6.07, 6.45) is 0. The summed E-state index contributed by atoms with van der Waals surface area (Å²) in [6, 6.07) is 61.7. The van der Waals surface area contributed by atoms with Gasteiger partial charge in [-0.2, -0.15) is 0 Å². The van der Waals surface area contributed by atoms with Gasteiger partial charge in [0, 0.05) is 16.7 Å². The first-order valence-corrected chi connectivity index (χ1v) is 16.2. The van der Waals surface area contributed by atoms with Crippen molar-refractivity contribution < 1.29 is 0 Å². The van der Waals surface area contributed by atoms with E-state index in [2.05, 4.69) is 146 Å². The average Bonchev–Trinajstić information content (AvgIpc) is 3.17. The van der Waals surface area contributed by atoms with E-state index in [-0.39, 0.29) is 0 Å². The molecule has 3 heteroatoms. The minimum Gasteiger partial charge on any atom is -0.208 e. The Labute approximate surface area is 278 Å². The SMILES string of the molecule is c1ccc(-c2nc(-c3cccc(-c4c5ccccc5c(-c5ccccc5)c5ccccc45)c3)nc(-c3ccc4ccccc4c3)n2)cc1. The molecule has 0 N–H and O–H groups in total. The van der Waals surface area contributed by atoms with Crippen molar-refractivity contribution in [1.82, 2.24) is 15.0 Å². The molecular formula is C45H29N3. The predicted molar refractivity (Wildman–Crippen MR) is 200 cm³/mol. The van der Waals surface area contributed by atoms with Crippen molar-refractivity contribution in [3.63, 3.8) is 0 Å². The largest absolute Gasteiger partial charge is 0.208 e. The van der Waals surface area contributed by atoms with E-state index < -0.39 is 0 Å². The first-order valence-electron chi connectivity index (χ1n) is 16.2. The topological polar surface area (TPSA) is 38.7 Å². The van der Waals surface area contributed by atoms with Gasteiger partial charge in [0.25, 0.3) is 0 Å². The number of rotatable bonds is 5. The molecule has 0 saturated heterocycles. The highest BCUT2D eigenvalue weighted by Crippen LogP contribution is 2.44. The fourth-order valence-electron chi connectivity index (χ4n) is 6.85. The lowest BCUT2D eigenvalue weighted by Gasteiger charge is -2.18. The molecule has 0 fully saturated rings. The Morgan fingerprint density at radius 2 is 0.667 bits per heavy atom. The van der Waals surface area contributed by atoms with Crippen molar-refractivity contribution in [2.24, 2.45) is 0 Å². The quantitative estimate of drug-likeness (QED) is 0.182. The zero-order valence-corrected chi connectivity index (χ0v) is 26.1. The van der Waals surface area contributed by atoms with Gasteiger partial charge in [0.2, 0.25) is 0 Å². The predicted octanol–water partition coefficient (Wildman–Crippen LogP) is 11.7. The van der Waals surface area contributed by atoms with Gasteiger partial charge in [-0.1, -0.05) is 164 Å². The summed E-state index contributed by atoms with van der Waals surface area (Å²) in [4.78, 5) is 15.1. The summed E-state index contributed by atoms with van der Waals surface area (Å²) in [5.74, 6) is 1.94. The van der Waals surface area contributed by atoms with Gasteiger partial charge >= 0.3 is 0 Å². The van der Waals surface area contributed by atoms with E-state index in [1.54, 1.807) is 0 Å². The van der Waals surface area contributed by atoms with Gasteiger partial charge in [-0.3, -0.25) is 0 Å². The highest BCUT2D eigenvalue weighted by molar-refractivity contribution is 6.21. The molecule has 0 radical (unpaired) electrons. The number of hydrogen-bond donors (Lipinski definition) is 0. The molecule has 0 atom stereocenters. The third-order valence-corrected chi connectivity index (χ3v) is 9.08. The van der Waals surface area contributed by atoms with Gasteiger partial charge in [-0.25, -0.2) is 15.0 Å². The lowest BCUT2D eigenvalue weighted by atomic mass is 9.86. The summed E-state index contributed by atoms with van der Waals surface area (Å²) in [7, 11) is 0. The second-order valence-corrected chi connectivity index (χ2v) is 12.0. The summed E-state index contributed by atoms with van der Waals surface area (Å²) in [6.45, 7) is 0. The number of benzene rings is 8. The van der Waals surface area contributed by atoms with Crippen LogP contribution < -0.4 is 0 Å². The summed E-state index contributed by atoms with van der Waals surface area (Å²) < 4.78 is 0. The van der Waals surface area contributed by atoms with E-state index in [1.165, 1.54) is 43.6 Å². The van der Waals surface area contributed by atoms with Gasteiger partial charge < -0.3 is 0 Å². The summed E-state index contributed by atoms with van der Waals surface area (Å²) >= 11 is 0. The standard InChI is InChI=1S/C45H29N3/c1-3-15-31(16-4-1)41-37-22-9-11-24-39(37)42(40-25-12-10-23-38(40)41)34-20-13-21-35(29-34)44-46-43(32-17-5-2-6-18-32)47-45(48-44)36-27-26-30-14-7-8-19-33(30)28-36/h1-29H. The smallest absolute Gasteiger partial charge is 0.164 e. The summed E-state index contributed by atoms with van der Waals surface area (Å²) in [5.41, 5.74) is 7.64. The maximum atomic E-state index is 5.10. The molecule has 9 aromatic rings. The average molecular weight is 612 g/mol. The van der Waals surface area contributed by atoms with Gasteiger partial charge in [0.15, 0.2) is 17.5 Å². The Balaban J connectivity index is 1.26. The van der Waals surface area contributed by atoms with Gasteiger partial charge in [-0.15, -0.1) is 0 Å². The van der Waals surface area contributed by atoms with E-state index in [1.807, 2.05) is 30.3 Å². The first kappa shape index (κ1) is 27.8. The van der Waals surface area contributed by atoms with Crippen molar-refractivity contribution in [1.29, 1.82) is 0 Å². The molecule has 1 heterocycles. The van der Waals surface area contributed by atoms with E-state index in [9.17, 15) is 0 Å². The molecule has 0 saturated carbocycles. The van der Waals surface area contributed by atoms with Crippen LogP contribution in [0.4, 0.5) is 0 Å². The van der Waals surface area contributed by atoms with Crippen molar-refractivity contribution in [3.8, 4) is 56.4 Å². The molecule has 0 spiro atoms. The Kier molecular flexibility index (Phi) is 6.80. The van der Waals surface area contributed by atoms with Crippen LogP contribution in [0.1, 0.15) is 0 Å². The van der Waals surface area contributed by atoms with Crippen LogP contribution in [0.15, 0.2) is 176 Å². The molecule has 0 amide bonds. The van der Waals surface area contributed by atoms with E-state index in [0.717, 1.165) is 27.6 Å². The molecule has 0 bridgehead atoms. The highest BCUT2D eigenvalue weighted by Gasteiger charge is 2.18. The Morgan fingerprint density at radius 1 is 0.250 bits per heavy atom. The molecule has 48 heavy (non-hydrogen) atoms. The van der Waals surface area contributed by atoms with Crippen molar-refractivity contribution in [2.75, 3.05) is 0 Å². The number of fused-ring (bicyclic) bond motifs is 3. The van der Waals surface area contributed by atoms with E-state index >= 15 is 0 Å². The monoisotopic (exact) mass is 611 g/mol. The molecule has 0 aliphatic rings. The van der Waals surface area contributed by atoms with Gasteiger partial charge in [0.1, 0.15) is 0 Å². The van der Waals surface area contributed by atoms with Crippen LogP contribution in [0.2, 0.25) is 0 Å². The van der Waals surface area contributed by atoms with Crippen LogP contribution in [0.5, 0.6) is 0 Å². The molecule has 224 valence electrons. The molecule has 3 nitrogen and oxygen atoms in total. The first-order chi connectivity index (χ1) is 23.8. The maximum Gasteiger partial charge on any atom is 0.164 e. The van der Waals surface area contributed by atoms with E-state index in [0.29, 0.717) is 17.5 Å². The lowest BCUT2D eigenvalue weighted by molar-refractivity contribution is 1.07. The number of aromatic nitrogens is 3. The Morgan fingerprint density at radius 3 is 1.27 bits per heavy atom. The molecule has 1 aromatic heterocycles. The second-order valence-electron chi connectivity index (χ2n) is 12.0. The zero-order valence-electron chi connectivity index (χ0n) is 26.1. The van der Waals surface area contributed by atoms with Crippen LogP contribution in [0, 0.1) is 0 Å². The van der Waals surface area contributed by atoms with Crippen LogP contribution >= 0.6 is 0 Å². The molecule has 8 aromatic carbocycles. The van der Waals surface area contributed by atoms with Gasteiger partial charge in [-0.05, 0) is 66.7 Å². The zero-order chi connectivity index (χ0) is 31.9. The normalized spacial score (nSPS) is 11.3. The van der Waals surface area contributed by atoms with Crippen LogP contribution in [0.25, 0.3) is 88.7 Å². The number of nitrogens with zero attached hydrogens (tertiary/aromatic N) is 3. The van der Waals surface area contributed by atoms with Crippen LogP contribution in [-0.4, -0.2) is 15.0 Å². The minimum atomic E-state index is 0.642. The second kappa shape index (κ2) is 11.7. The van der Waals surface area contributed by atoms with Crippen molar-refractivity contribution in [3.05, 3.63) is 176 Å². The molecular weight excluding hydrogens is 583 g/mol. The maximum absolute atomic E-state index is 5.10. The molecule has 9 rings (SSSR count).